The van der Waals surface area contributed by atoms with Crippen LogP contribution in [0.15, 0.2) is 84.9 Å². The number of carboxylic acids is 1. The van der Waals surface area contributed by atoms with Gasteiger partial charge < -0.3 is 14.9 Å². The molecule has 3 aromatic rings. The van der Waals surface area contributed by atoms with Crippen molar-refractivity contribution in [2.45, 2.75) is 37.3 Å². The smallest absolute Gasteiger partial charge is 0.326 e. The fourth-order valence-electron chi connectivity index (χ4n) is 5.39. The van der Waals surface area contributed by atoms with Crippen molar-refractivity contribution in [3.05, 3.63) is 102 Å². The van der Waals surface area contributed by atoms with Crippen LogP contribution in [0, 0.1) is 0 Å². The van der Waals surface area contributed by atoms with Gasteiger partial charge in [-0.2, -0.15) is 0 Å². The third kappa shape index (κ3) is 4.11. The van der Waals surface area contributed by atoms with Crippen molar-refractivity contribution in [3.8, 4) is 0 Å². The van der Waals surface area contributed by atoms with E-state index in [1.165, 1.54) is 11.3 Å². The molecule has 168 valence electrons. The SMILES string of the molecule is O=C(O)[C@@H]1CC(N2CCCc3ccccc32)CN1C(=O)C(c1ccccc1)c1ccccc1. The van der Waals surface area contributed by atoms with Crippen molar-refractivity contribution in [1.82, 2.24) is 4.90 Å². The second-order valence-electron chi connectivity index (χ2n) is 8.91. The zero-order chi connectivity index (χ0) is 22.8. The van der Waals surface area contributed by atoms with Crippen molar-refractivity contribution < 1.29 is 14.7 Å². The van der Waals surface area contributed by atoms with Crippen molar-refractivity contribution in [2.24, 2.45) is 0 Å². The lowest BCUT2D eigenvalue weighted by Crippen LogP contribution is -2.44. The summed E-state index contributed by atoms with van der Waals surface area (Å²) in [6.45, 7) is 1.30. The highest BCUT2D eigenvalue weighted by molar-refractivity contribution is 5.91. The Balaban J connectivity index is 1.48. The second-order valence-corrected chi connectivity index (χ2v) is 8.91. The van der Waals surface area contributed by atoms with Gasteiger partial charge in [-0.1, -0.05) is 78.9 Å². The van der Waals surface area contributed by atoms with Crippen LogP contribution < -0.4 is 4.90 Å². The fourth-order valence-corrected chi connectivity index (χ4v) is 5.39. The van der Waals surface area contributed by atoms with Crippen LogP contribution in [0.3, 0.4) is 0 Å². The molecule has 2 heterocycles. The molecule has 5 nitrogen and oxygen atoms in total. The lowest BCUT2D eigenvalue weighted by atomic mass is 9.90. The first-order chi connectivity index (χ1) is 16.1. The number of hydrogen-bond donors (Lipinski definition) is 1. The molecule has 2 atom stereocenters. The monoisotopic (exact) mass is 440 g/mol. The summed E-state index contributed by atoms with van der Waals surface area (Å²) in [6.07, 6.45) is 2.51. The maximum absolute atomic E-state index is 14.0. The molecule has 2 aliphatic rings. The molecule has 1 unspecified atom stereocenters. The summed E-state index contributed by atoms with van der Waals surface area (Å²) in [6, 6.07) is 26.8. The number of likely N-dealkylation sites (tertiary alicyclic amines) is 1. The third-order valence-electron chi connectivity index (χ3n) is 6.95. The molecule has 1 fully saturated rings. The van der Waals surface area contributed by atoms with Crippen LogP contribution in [0.1, 0.15) is 35.4 Å². The predicted octanol–water partition coefficient (Wildman–Crippen LogP) is 4.33. The Kier molecular flexibility index (Phi) is 5.86. The fraction of sp³-hybridized carbons (Fsp3) is 0.286. The van der Waals surface area contributed by atoms with E-state index in [4.69, 9.17) is 0 Å². The standard InChI is InChI=1S/C28H28N2O3/c31-27(26(21-11-3-1-4-12-21)22-13-5-2-6-14-22)30-19-23(18-25(30)28(32)33)29-17-9-15-20-10-7-8-16-24(20)29/h1-8,10-14,16,23,25-26H,9,15,17-19H2,(H,32,33)/t23?,25-/m0/s1. The molecular formula is C28H28N2O3. The van der Waals surface area contributed by atoms with Gasteiger partial charge in [-0.15, -0.1) is 0 Å². The number of hydrogen-bond acceptors (Lipinski definition) is 3. The van der Waals surface area contributed by atoms with E-state index in [0.717, 1.165) is 30.5 Å². The van der Waals surface area contributed by atoms with Crippen molar-refractivity contribution in [2.75, 3.05) is 18.0 Å². The largest absolute Gasteiger partial charge is 0.480 e. The first kappa shape index (κ1) is 21.3. The van der Waals surface area contributed by atoms with E-state index in [-0.39, 0.29) is 11.9 Å². The summed E-state index contributed by atoms with van der Waals surface area (Å²) < 4.78 is 0. The van der Waals surface area contributed by atoms with E-state index in [9.17, 15) is 14.7 Å². The van der Waals surface area contributed by atoms with Crippen LogP contribution in [0.2, 0.25) is 0 Å². The molecule has 1 amide bonds. The first-order valence-electron chi connectivity index (χ1n) is 11.6. The van der Waals surface area contributed by atoms with Crippen LogP contribution in [0.25, 0.3) is 0 Å². The van der Waals surface area contributed by atoms with E-state index < -0.39 is 17.9 Å². The number of para-hydroxylation sites is 1. The Morgan fingerprint density at radius 2 is 1.45 bits per heavy atom. The molecule has 5 rings (SSSR count). The Labute approximate surface area is 194 Å². The van der Waals surface area contributed by atoms with Gasteiger partial charge in [-0.05, 0) is 35.6 Å². The van der Waals surface area contributed by atoms with Crippen molar-refractivity contribution >= 4 is 17.6 Å². The maximum atomic E-state index is 14.0. The second kappa shape index (κ2) is 9.10. The lowest BCUT2D eigenvalue weighted by molar-refractivity contribution is -0.148. The minimum atomic E-state index is -0.934. The summed E-state index contributed by atoms with van der Waals surface area (Å²) in [5.74, 6) is -1.61. The summed E-state index contributed by atoms with van der Waals surface area (Å²) in [4.78, 5) is 30.2. The van der Waals surface area contributed by atoms with Gasteiger partial charge in [0.2, 0.25) is 5.91 Å². The Hall–Kier alpha value is -3.60. The quantitative estimate of drug-likeness (QED) is 0.642. The minimum Gasteiger partial charge on any atom is -0.480 e. The van der Waals surface area contributed by atoms with Gasteiger partial charge in [0.05, 0.1) is 5.92 Å². The molecule has 0 aliphatic carbocycles. The summed E-state index contributed by atoms with van der Waals surface area (Å²) in [5, 5.41) is 10.1. The highest BCUT2D eigenvalue weighted by atomic mass is 16.4. The normalized spacial score (nSPS) is 20.0. The Morgan fingerprint density at radius 3 is 2.09 bits per heavy atom. The number of fused-ring (bicyclic) bond motifs is 1. The number of carbonyl (C=O) groups is 2. The van der Waals surface area contributed by atoms with E-state index in [2.05, 4.69) is 23.1 Å². The molecule has 0 saturated carbocycles. The number of benzene rings is 3. The lowest BCUT2D eigenvalue weighted by Gasteiger charge is -2.36. The van der Waals surface area contributed by atoms with Crippen LogP contribution in [0.5, 0.6) is 0 Å². The molecule has 0 bridgehead atoms. The van der Waals surface area contributed by atoms with Crippen molar-refractivity contribution in [1.29, 1.82) is 0 Å². The topological polar surface area (TPSA) is 60.9 Å². The molecular weight excluding hydrogens is 412 g/mol. The van der Waals surface area contributed by atoms with Crippen LogP contribution in [-0.2, 0) is 16.0 Å². The highest BCUT2D eigenvalue weighted by Crippen LogP contribution is 2.35. The number of carboxylic acid groups (broad SMARTS) is 1. The zero-order valence-electron chi connectivity index (χ0n) is 18.5. The molecule has 33 heavy (non-hydrogen) atoms. The molecule has 5 heteroatoms. The van der Waals surface area contributed by atoms with E-state index >= 15 is 0 Å². The van der Waals surface area contributed by atoms with Gasteiger partial charge >= 0.3 is 5.97 Å². The van der Waals surface area contributed by atoms with Crippen LogP contribution in [0.4, 0.5) is 5.69 Å². The molecule has 0 radical (unpaired) electrons. The number of anilines is 1. The molecule has 1 saturated heterocycles. The molecule has 3 aromatic carbocycles. The maximum Gasteiger partial charge on any atom is 0.326 e. The van der Waals surface area contributed by atoms with E-state index in [1.807, 2.05) is 66.7 Å². The molecule has 2 aliphatic heterocycles. The average molecular weight is 441 g/mol. The first-order valence-corrected chi connectivity index (χ1v) is 11.6. The predicted molar refractivity (Wildman–Crippen MR) is 128 cm³/mol. The van der Waals surface area contributed by atoms with E-state index in [0.29, 0.717) is 13.0 Å². The summed E-state index contributed by atoms with van der Waals surface area (Å²) in [5.41, 5.74) is 4.23. The summed E-state index contributed by atoms with van der Waals surface area (Å²) >= 11 is 0. The number of carbonyl (C=O) groups excluding carboxylic acids is 1. The minimum absolute atomic E-state index is 0.0105. The molecule has 0 spiro atoms. The van der Waals surface area contributed by atoms with Gasteiger partial charge in [0.25, 0.3) is 0 Å². The Bertz CT molecular complexity index is 1090. The number of aryl methyl sites for hydroxylation is 1. The highest BCUT2D eigenvalue weighted by Gasteiger charge is 2.44. The van der Waals surface area contributed by atoms with Crippen molar-refractivity contribution in [3.63, 3.8) is 0 Å². The molecule has 1 N–H and O–H groups in total. The third-order valence-corrected chi connectivity index (χ3v) is 6.95. The van der Waals surface area contributed by atoms with E-state index in [1.54, 1.807) is 4.90 Å². The number of amides is 1. The van der Waals surface area contributed by atoms with Gasteiger partial charge in [-0.25, -0.2) is 4.79 Å². The van der Waals surface area contributed by atoms with Gasteiger partial charge in [0.1, 0.15) is 6.04 Å². The Morgan fingerprint density at radius 1 is 0.848 bits per heavy atom. The number of rotatable bonds is 5. The van der Waals surface area contributed by atoms with Crippen LogP contribution in [-0.4, -0.2) is 47.1 Å². The summed E-state index contributed by atoms with van der Waals surface area (Å²) in [7, 11) is 0. The molecule has 0 aromatic heterocycles. The van der Waals surface area contributed by atoms with Gasteiger partial charge in [0, 0.05) is 31.2 Å². The average Bonchev–Trinajstić information content (AvgIpc) is 3.31. The number of nitrogens with zero attached hydrogens (tertiary/aromatic N) is 2. The van der Waals surface area contributed by atoms with Crippen LogP contribution >= 0.6 is 0 Å². The van der Waals surface area contributed by atoms with Gasteiger partial charge in [0.15, 0.2) is 0 Å². The zero-order valence-corrected chi connectivity index (χ0v) is 18.5. The van der Waals surface area contributed by atoms with Gasteiger partial charge in [-0.3, -0.25) is 4.79 Å². The number of aliphatic carboxylic acids is 1.